The average Bonchev–Trinajstić information content (AvgIpc) is 2.72. The van der Waals surface area contributed by atoms with E-state index < -0.39 is 0 Å². The van der Waals surface area contributed by atoms with Crippen molar-refractivity contribution in [3.63, 3.8) is 0 Å². The van der Waals surface area contributed by atoms with Crippen LogP contribution in [0.15, 0.2) is 42.5 Å². The zero-order valence-corrected chi connectivity index (χ0v) is 12.2. The molecule has 1 atom stereocenters. The van der Waals surface area contributed by atoms with E-state index in [9.17, 15) is 0 Å². The quantitative estimate of drug-likeness (QED) is 0.677. The molecule has 1 aliphatic rings. The van der Waals surface area contributed by atoms with Gasteiger partial charge in [0, 0.05) is 5.41 Å². The molecule has 0 nitrogen and oxygen atoms in total. The van der Waals surface area contributed by atoms with Crippen LogP contribution in [0, 0.1) is 6.92 Å². The fourth-order valence-corrected chi connectivity index (χ4v) is 3.94. The predicted octanol–water partition coefficient (Wildman–Crippen LogP) is 5.47. The van der Waals surface area contributed by atoms with Crippen molar-refractivity contribution in [2.45, 2.75) is 45.4 Å². The van der Waals surface area contributed by atoms with Crippen LogP contribution in [0.3, 0.4) is 0 Å². The molecule has 0 bridgehead atoms. The van der Waals surface area contributed by atoms with E-state index in [1.54, 1.807) is 11.1 Å². The lowest BCUT2D eigenvalue weighted by molar-refractivity contribution is 0.461. The number of fused-ring (bicyclic) bond motifs is 3. The molecular formula is C19H22. The average molecular weight is 250 g/mol. The summed E-state index contributed by atoms with van der Waals surface area (Å²) in [5.74, 6) is 0. The molecule has 0 fully saturated rings. The lowest BCUT2D eigenvalue weighted by Crippen LogP contribution is -2.23. The number of hydrogen-bond donors (Lipinski definition) is 0. The maximum atomic E-state index is 2.35. The fourth-order valence-electron chi connectivity index (χ4n) is 3.94. The Morgan fingerprint density at radius 2 is 1.63 bits per heavy atom. The van der Waals surface area contributed by atoms with Gasteiger partial charge < -0.3 is 0 Å². The Bertz CT molecular complexity index is 609. The number of aryl methyl sites for hydroxylation is 1. The number of rotatable bonds is 3. The van der Waals surface area contributed by atoms with E-state index in [0.717, 1.165) is 0 Å². The Balaban J connectivity index is 2.37. The van der Waals surface area contributed by atoms with Crippen LogP contribution in [0.1, 0.15) is 49.8 Å². The standard InChI is InChI=1S/C19H22/c1-4-13-19(5-2)16-11-7-6-10-15(16)18-14(3)9-8-12-17(18)19/h6-12H,4-5,13H2,1-3H3. The van der Waals surface area contributed by atoms with Crippen molar-refractivity contribution in [2.75, 3.05) is 0 Å². The third-order valence-corrected chi connectivity index (χ3v) is 4.78. The first kappa shape index (κ1) is 12.5. The maximum Gasteiger partial charge on any atom is 0.0212 e. The molecule has 2 aromatic carbocycles. The molecule has 0 N–H and O–H groups in total. The highest BCUT2D eigenvalue weighted by Gasteiger charge is 2.41. The largest absolute Gasteiger partial charge is 0.0653 e. The number of benzene rings is 2. The first-order chi connectivity index (χ1) is 9.24. The highest BCUT2D eigenvalue weighted by molar-refractivity contribution is 5.83. The summed E-state index contributed by atoms with van der Waals surface area (Å²) in [5, 5.41) is 0. The third-order valence-electron chi connectivity index (χ3n) is 4.78. The smallest absolute Gasteiger partial charge is 0.0212 e. The summed E-state index contributed by atoms with van der Waals surface area (Å²) < 4.78 is 0. The summed E-state index contributed by atoms with van der Waals surface area (Å²) in [5.41, 5.74) is 7.71. The number of hydrogen-bond acceptors (Lipinski definition) is 0. The monoisotopic (exact) mass is 250 g/mol. The second kappa shape index (κ2) is 4.52. The first-order valence-corrected chi connectivity index (χ1v) is 7.44. The molecule has 1 unspecified atom stereocenters. The molecule has 0 aromatic heterocycles. The molecule has 0 heterocycles. The van der Waals surface area contributed by atoms with Crippen LogP contribution < -0.4 is 0 Å². The van der Waals surface area contributed by atoms with Crippen molar-refractivity contribution in [3.05, 3.63) is 59.2 Å². The van der Waals surface area contributed by atoms with E-state index in [2.05, 4.69) is 63.2 Å². The van der Waals surface area contributed by atoms with Gasteiger partial charge in [0.2, 0.25) is 0 Å². The topological polar surface area (TPSA) is 0 Å². The van der Waals surface area contributed by atoms with Crippen molar-refractivity contribution in [1.29, 1.82) is 0 Å². The maximum absolute atomic E-state index is 2.35. The fraction of sp³-hybridized carbons (Fsp3) is 0.368. The van der Waals surface area contributed by atoms with Gasteiger partial charge in [-0.2, -0.15) is 0 Å². The Morgan fingerprint density at radius 1 is 0.895 bits per heavy atom. The molecule has 19 heavy (non-hydrogen) atoms. The summed E-state index contributed by atoms with van der Waals surface area (Å²) in [6.45, 7) is 6.88. The van der Waals surface area contributed by atoms with Crippen molar-refractivity contribution >= 4 is 0 Å². The zero-order valence-electron chi connectivity index (χ0n) is 12.2. The predicted molar refractivity (Wildman–Crippen MR) is 82.6 cm³/mol. The first-order valence-electron chi connectivity index (χ1n) is 7.44. The van der Waals surface area contributed by atoms with Crippen LogP contribution in [-0.4, -0.2) is 0 Å². The van der Waals surface area contributed by atoms with Crippen molar-refractivity contribution < 1.29 is 0 Å². The highest BCUT2D eigenvalue weighted by Crippen LogP contribution is 2.53. The summed E-state index contributed by atoms with van der Waals surface area (Å²) in [6, 6.07) is 15.8. The normalized spacial score (nSPS) is 20.2. The molecule has 98 valence electrons. The van der Waals surface area contributed by atoms with E-state index in [1.165, 1.54) is 36.0 Å². The second-order valence-corrected chi connectivity index (χ2v) is 5.73. The van der Waals surface area contributed by atoms with E-state index in [1.807, 2.05) is 0 Å². The van der Waals surface area contributed by atoms with Crippen molar-refractivity contribution in [2.24, 2.45) is 0 Å². The van der Waals surface area contributed by atoms with Crippen LogP contribution in [0.5, 0.6) is 0 Å². The lowest BCUT2D eigenvalue weighted by Gasteiger charge is -2.30. The molecule has 0 amide bonds. The summed E-state index contributed by atoms with van der Waals surface area (Å²) in [7, 11) is 0. The van der Waals surface area contributed by atoms with Gasteiger partial charge >= 0.3 is 0 Å². The molecule has 0 saturated heterocycles. The molecule has 0 aliphatic heterocycles. The van der Waals surface area contributed by atoms with E-state index in [4.69, 9.17) is 0 Å². The Labute approximate surface area is 116 Å². The molecule has 3 rings (SSSR count). The minimum Gasteiger partial charge on any atom is -0.0653 e. The molecule has 0 heteroatoms. The van der Waals surface area contributed by atoms with Gasteiger partial charge in [-0.1, -0.05) is 62.7 Å². The highest BCUT2D eigenvalue weighted by atomic mass is 14.4. The lowest BCUT2D eigenvalue weighted by atomic mass is 9.72. The van der Waals surface area contributed by atoms with Crippen molar-refractivity contribution in [3.8, 4) is 11.1 Å². The SMILES string of the molecule is CCCC1(CC)c2ccccc2-c2c(C)cccc21. The van der Waals surface area contributed by atoms with Gasteiger partial charge in [0.15, 0.2) is 0 Å². The Kier molecular flexibility index (Phi) is 2.97. The minimum absolute atomic E-state index is 0.243. The van der Waals surface area contributed by atoms with Gasteiger partial charge in [-0.15, -0.1) is 0 Å². The van der Waals surface area contributed by atoms with Gasteiger partial charge in [-0.25, -0.2) is 0 Å². The van der Waals surface area contributed by atoms with Gasteiger partial charge in [0.1, 0.15) is 0 Å². The molecule has 0 spiro atoms. The summed E-state index contributed by atoms with van der Waals surface area (Å²) in [6.07, 6.45) is 3.67. The van der Waals surface area contributed by atoms with Gasteiger partial charge in [-0.3, -0.25) is 0 Å². The van der Waals surface area contributed by atoms with Crippen molar-refractivity contribution in [1.82, 2.24) is 0 Å². The molecular weight excluding hydrogens is 228 g/mol. The summed E-state index contributed by atoms with van der Waals surface area (Å²) >= 11 is 0. The molecule has 0 radical (unpaired) electrons. The van der Waals surface area contributed by atoms with E-state index in [-0.39, 0.29) is 5.41 Å². The van der Waals surface area contributed by atoms with Crippen LogP contribution >= 0.6 is 0 Å². The van der Waals surface area contributed by atoms with Gasteiger partial charge in [0.25, 0.3) is 0 Å². The summed E-state index contributed by atoms with van der Waals surface area (Å²) in [4.78, 5) is 0. The van der Waals surface area contributed by atoms with Crippen LogP contribution in [0.25, 0.3) is 11.1 Å². The molecule has 2 aromatic rings. The van der Waals surface area contributed by atoms with Crippen LogP contribution in [0.2, 0.25) is 0 Å². The molecule has 0 saturated carbocycles. The Hall–Kier alpha value is -1.56. The van der Waals surface area contributed by atoms with Crippen LogP contribution in [-0.2, 0) is 5.41 Å². The minimum atomic E-state index is 0.243. The Morgan fingerprint density at radius 3 is 2.37 bits per heavy atom. The molecule has 1 aliphatic carbocycles. The third kappa shape index (κ3) is 1.59. The van der Waals surface area contributed by atoms with Crippen LogP contribution in [0.4, 0.5) is 0 Å². The van der Waals surface area contributed by atoms with E-state index >= 15 is 0 Å². The van der Waals surface area contributed by atoms with Gasteiger partial charge in [-0.05, 0) is 47.6 Å². The zero-order chi connectivity index (χ0) is 13.5. The second-order valence-electron chi connectivity index (χ2n) is 5.73. The van der Waals surface area contributed by atoms with E-state index in [0.29, 0.717) is 0 Å². The van der Waals surface area contributed by atoms with Gasteiger partial charge in [0.05, 0.1) is 0 Å².